The van der Waals surface area contributed by atoms with Crippen molar-refractivity contribution in [2.45, 2.75) is 25.9 Å². The number of phenols is 1. The van der Waals surface area contributed by atoms with Crippen molar-refractivity contribution >= 4 is 5.57 Å². The van der Waals surface area contributed by atoms with Gasteiger partial charge in [0.2, 0.25) is 0 Å². The number of aromatic hydroxyl groups is 1. The molecule has 2 rings (SSSR count). The summed E-state index contributed by atoms with van der Waals surface area (Å²) in [6.45, 7) is 3.74. The van der Waals surface area contributed by atoms with E-state index in [1.54, 1.807) is 13.0 Å². The molecule has 16 heavy (non-hydrogen) atoms. The van der Waals surface area contributed by atoms with Crippen LogP contribution in [-0.2, 0) is 0 Å². The Labute approximate surface area is 95.6 Å². The summed E-state index contributed by atoms with van der Waals surface area (Å²) in [5.41, 5.74) is 1.66. The molecule has 1 aliphatic carbocycles. The summed E-state index contributed by atoms with van der Waals surface area (Å²) in [4.78, 5) is 0. The second-order valence-corrected chi connectivity index (χ2v) is 4.51. The van der Waals surface area contributed by atoms with Crippen LogP contribution in [0.1, 0.15) is 24.5 Å². The van der Waals surface area contributed by atoms with Crippen LogP contribution in [0.5, 0.6) is 5.75 Å². The highest BCUT2D eigenvalue weighted by molar-refractivity contribution is 5.78. The van der Waals surface area contributed by atoms with Crippen molar-refractivity contribution in [2.24, 2.45) is 0 Å². The third-order valence-electron chi connectivity index (χ3n) is 2.94. The molecule has 0 bridgehead atoms. The summed E-state index contributed by atoms with van der Waals surface area (Å²) in [6.07, 6.45) is 6.27. The van der Waals surface area contributed by atoms with Crippen LogP contribution in [0.2, 0.25) is 0 Å². The molecule has 2 heteroatoms. The minimum atomic E-state index is -0.903. The molecule has 0 aromatic heterocycles. The van der Waals surface area contributed by atoms with Gasteiger partial charge >= 0.3 is 0 Å². The minimum absolute atomic E-state index is 0.215. The van der Waals surface area contributed by atoms with E-state index >= 15 is 0 Å². The zero-order chi connectivity index (χ0) is 11.8. The molecule has 1 atom stereocenters. The van der Waals surface area contributed by atoms with E-state index < -0.39 is 5.60 Å². The summed E-state index contributed by atoms with van der Waals surface area (Å²) in [7, 11) is 0. The third kappa shape index (κ3) is 1.89. The Morgan fingerprint density at radius 1 is 1.31 bits per heavy atom. The summed E-state index contributed by atoms with van der Waals surface area (Å²) >= 11 is 0. The molecule has 0 saturated heterocycles. The number of allylic oxidation sites excluding steroid dienone is 2. The predicted octanol–water partition coefficient (Wildman–Crippen LogP) is 2.79. The van der Waals surface area contributed by atoms with Crippen molar-refractivity contribution < 1.29 is 10.2 Å². The van der Waals surface area contributed by atoms with Gasteiger partial charge in [-0.05, 0) is 38.0 Å². The van der Waals surface area contributed by atoms with E-state index in [0.29, 0.717) is 12.0 Å². The fourth-order valence-corrected chi connectivity index (χ4v) is 2.00. The molecule has 1 unspecified atom stereocenters. The predicted molar refractivity (Wildman–Crippen MR) is 65.2 cm³/mol. The Morgan fingerprint density at radius 2 is 2.06 bits per heavy atom. The van der Waals surface area contributed by atoms with Crippen molar-refractivity contribution in [2.75, 3.05) is 0 Å². The van der Waals surface area contributed by atoms with Crippen molar-refractivity contribution in [3.05, 3.63) is 47.6 Å². The number of hydrogen-bond acceptors (Lipinski definition) is 2. The smallest absolute Gasteiger partial charge is 0.123 e. The molecule has 0 heterocycles. The van der Waals surface area contributed by atoms with Gasteiger partial charge in [0.25, 0.3) is 0 Å². The van der Waals surface area contributed by atoms with Crippen molar-refractivity contribution in [1.29, 1.82) is 0 Å². The fourth-order valence-electron chi connectivity index (χ4n) is 2.00. The maximum Gasteiger partial charge on any atom is 0.123 e. The van der Waals surface area contributed by atoms with Gasteiger partial charge in [-0.3, -0.25) is 0 Å². The summed E-state index contributed by atoms with van der Waals surface area (Å²) in [5, 5.41) is 20.1. The van der Waals surface area contributed by atoms with E-state index in [-0.39, 0.29) is 5.75 Å². The van der Waals surface area contributed by atoms with Gasteiger partial charge in [-0.25, -0.2) is 0 Å². The lowest BCUT2D eigenvalue weighted by atomic mass is 9.83. The average Bonchev–Trinajstić information content (AvgIpc) is 2.22. The van der Waals surface area contributed by atoms with Gasteiger partial charge in [0.15, 0.2) is 0 Å². The summed E-state index contributed by atoms with van der Waals surface area (Å²) < 4.78 is 0. The topological polar surface area (TPSA) is 40.5 Å². The van der Waals surface area contributed by atoms with Crippen LogP contribution < -0.4 is 0 Å². The molecule has 0 radical (unpaired) electrons. The highest BCUT2D eigenvalue weighted by atomic mass is 16.3. The van der Waals surface area contributed by atoms with Crippen LogP contribution >= 0.6 is 0 Å². The van der Waals surface area contributed by atoms with E-state index in [9.17, 15) is 10.2 Å². The van der Waals surface area contributed by atoms with Crippen LogP contribution in [0.25, 0.3) is 5.57 Å². The molecule has 2 N–H and O–H groups in total. The lowest BCUT2D eigenvalue weighted by Crippen LogP contribution is -2.26. The van der Waals surface area contributed by atoms with Crippen LogP contribution in [0.4, 0.5) is 0 Å². The molecular formula is C14H16O2. The molecule has 0 saturated carbocycles. The van der Waals surface area contributed by atoms with Crippen LogP contribution in [0.15, 0.2) is 36.4 Å². The molecule has 0 spiro atoms. The van der Waals surface area contributed by atoms with E-state index in [2.05, 4.69) is 0 Å². The molecule has 0 fully saturated rings. The van der Waals surface area contributed by atoms with Gasteiger partial charge in [0.1, 0.15) is 5.75 Å². The molecule has 84 valence electrons. The van der Waals surface area contributed by atoms with E-state index in [0.717, 1.165) is 11.1 Å². The molecular weight excluding hydrogens is 200 g/mol. The van der Waals surface area contributed by atoms with Gasteiger partial charge < -0.3 is 10.2 Å². The summed E-state index contributed by atoms with van der Waals surface area (Å²) in [5.74, 6) is 0.215. The first-order valence-electron chi connectivity index (χ1n) is 5.40. The molecule has 1 aromatic rings. The van der Waals surface area contributed by atoms with Gasteiger partial charge in [-0.2, -0.15) is 0 Å². The van der Waals surface area contributed by atoms with E-state index in [1.807, 2.05) is 37.3 Å². The molecule has 0 aliphatic heterocycles. The molecule has 0 amide bonds. The van der Waals surface area contributed by atoms with Crippen LogP contribution in [0, 0.1) is 6.92 Å². The number of aryl methyl sites for hydroxylation is 1. The quantitative estimate of drug-likeness (QED) is 0.757. The van der Waals surface area contributed by atoms with Gasteiger partial charge in [0.05, 0.1) is 5.60 Å². The molecule has 1 aromatic carbocycles. The van der Waals surface area contributed by atoms with Gasteiger partial charge in [-0.15, -0.1) is 0 Å². The normalized spacial score (nSPS) is 24.3. The van der Waals surface area contributed by atoms with Gasteiger partial charge in [0, 0.05) is 5.56 Å². The second-order valence-electron chi connectivity index (χ2n) is 4.51. The Kier molecular flexibility index (Phi) is 2.60. The van der Waals surface area contributed by atoms with Crippen molar-refractivity contribution in [3.63, 3.8) is 0 Å². The average molecular weight is 216 g/mol. The SMILES string of the molecule is Cc1ccc(O)c(C2=CC=CCC2(C)O)c1. The van der Waals surface area contributed by atoms with E-state index in [4.69, 9.17) is 0 Å². The number of hydrogen-bond donors (Lipinski definition) is 2. The maximum absolute atomic E-state index is 10.3. The highest BCUT2D eigenvalue weighted by Gasteiger charge is 2.28. The highest BCUT2D eigenvalue weighted by Crippen LogP contribution is 2.37. The van der Waals surface area contributed by atoms with Gasteiger partial charge in [-0.1, -0.05) is 29.9 Å². The zero-order valence-corrected chi connectivity index (χ0v) is 9.57. The maximum atomic E-state index is 10.3. The Bertz CT molecular complexity index is 468. The second kappa shape index (κ2) is 3.80. The standard InChI is InChI=1S/C14H16O2/c1-10-6-7-13(15)11(9-10)12-5-3-4-8-14(12,2)16/h3-7,9,15-16H,8H2,1-2H3. The van der Waals surface area contributed by atoms with Crippen LogP contribution in [-0.4, -0.2) is 15.8 Å². The lowest BCUT2D eigenvalue weighted by Gasteiger charge is -2.28. The number of aliphatic hydroxyl groups is 1. The van der Waals surface area contributed by atoms with Crippen molar-refractivity contribution in [3.8, 4) is 5.75 Å². The van der Waals surface area contributed by atoms with Crippen LogP contribution in [0.3, 0.4) is 0 Å². The zero-order valence-electron chi connectivity index (χ0n) is 9.57. The first-order valence-corrected chi connectivity index (χ1v) is 5.40. The number of rotatable bonds is 1. The van der Waals surface area contributed by atoms with E-state index in [1.165, 1.54) is 0 Å². The largest absolute Gasteiger partial charge is 0.507 e. The molecule has 2 nitrogen and oxygen atoms in total. The monoisotopic (exact) mass is 216 g/mol. The number of benzene rings is 1. The third-order valence-corrected chi connectivity index (χ3v) is 2.94. The van der Waals surface area contributed by atoms with Crippen molar-refractivity contribution in [1.82, 2.24) is 0 Å². The Morgan fingerprint density at radius 3 is 2.75 bits per heavy atom. The number of phenolic OH excluding ortho intramolecular Hbond substituents is 1. The fraction of sp³-hybridized carbons (Fsp3) is 0.286. The Hall–Kier alpha value is -1.54. The summed E-state index contributed by atoms with van der Waals surface area (Å²) in [6, 6.07) is 5.42. The Balaban J connectivity index is 2.55. The lowest BCUT2D eigenvalue weighted by molar-refractivity contribution is 0.124. The first-order chi connectivity index (χ1) is 7.50. The minimum Gasteiger partial charge on any atom is -0.507 e. The first kappa shape index (κ1) is 11.0. The molecule has 1 aliphatic rings.